The Balaban J connectivity index is 0.000000686. The third-order valence-electron chi connectivity index (χ3n) is 4.47. The first kappa shape index (κ1) is 15.0. The van der Waals surface area contributed by atoms with Crippen molar-refractivity contribution in [2.45, 2.75) is 84.1 Å². The van der Waals surface area contributed by atoms with Crippen LogP contribution in [0.1, 0.15) is 78.1 Å². The summed E-state index contributed by atoms with van der Waals surface area (Å²) < 4.78 is 0. The maximum absolute atomic E-state index is 2.68. The Bertz CT molecular complexity index is 166. The van der Waals surface area contributed by atoms with E-state index in [1.165, 1.54) is 70.8 Å². The van der Waals surface area contributed by atoms with Crippen molar-refractivity contribution in [2.24, 2.45) is 5.92 Å². The van der Waals surface area contributed by atoms with E-state index in [2.05, 4.69) is 11.9 Å². The van der Waals surface area contributed by atoms with Crippen molar-refractivity contribution in [3.63, 3.8) is 0 Å². The van der Waals surface area contributed by atoms with Crippen LogP contribution in [0.5, 0.6) is 0 Å². The fraction of sp³-hybridized carbons (Fsp3) is 1.00. The molecule has 17 heavy (non-hydrogen) atoms. The molecule has 0 N–H and O–H groups in total. The van der Waals surface area contributed by atoms with Gasteiger partial charge in [0.1, 0.15) is 0 Å². The fourth-order valence-corrected chi connectivity index (χ4v) is 3.45. The summed E-state index contributed by atoms with van der Waals surface area (Å²) in [6, 6.07) is 0.917. The minimum absolute atomic E-state index is 0.917. The SMILES string of the molecule is CC.CN(CC1CCCCC1)C1CCCCC1. The minimum atomic E-state index is 0.917. The molecule has 2 rings (SSSR count). The van der Waals surface area contributed by atoms with E-state index >= 15 is 0 Å². The molecule has 0 unspecified atom stereocenters. The summed E-state index contributed by atoms with van der Waals surface area (Å²) in [6.45, 7) is 5.38. The molecular weight excluding hydrogens is 206 g/mol. The first-order valence-corrected chi connectivity index (χ1v) is 8.06. The van der Waals surface area contributed by atoms with Crippen molar-refractivity contribution in [3.05, 3.63) is 0 Å². The van der Waals surface area contributed by atoms with Gasteiger partial charge in [0.2, 0.25) is 0 Å². The predicted octanol–water partition coefficient (Wildman–Crippen LogP) is 4.86. The van der Waals surface area contributed by atoms with Gasteiger partial charge in [-0.2, -0.15) is 0 Å². The molecule has 0 amide bonds. The highest BCUT2D eigenvalue weighted by atomic mass is 15.1. The molecule has 0 saturated heterocycles. The maximum atomic E-state index is 2.68. The van der Waals surface area contributed by atoms with E-state index in [9.17, 15) is 0 Å². The van der Waals surface area contributed by atoms with Crippen LogP contribution in [0, 0.1) is 5.92 Å². The molecule has 2 aliphatic rings. The normalized spacial score (nSPS) is 23.3. The molecule has 1 nitrogen and oxygen atoms in total. The molecular formula is C16H33N. The second-order valence-electron chi connectivity index (χ2n) is 5.74. The lowest BCUT2D eigenvalue weighted by molar-refractivity contribution is 0.150. The zero-order valence-electron chi connectivity index (χ0n) is 12.4. The Labute approximate surface area is 109 Å². The molecule has 0 spiro atoms. The number of nitrogens with zero attached hydrogens (tertiary/aromatic N) is 1. The van der Waals surface area contributed by atoms with E-state index in [0.717, 1.165) is 12.0 Å². The molecule has 0 radical (unpaired) electrons. The van der Waals surface area contributed by atoms with Crippen molar-refractivity contribution < 1.29 is 0 Å². The summed E-state index contributed by atoms with van der Waals surface area (Å²) in [5.41, 5.74) is 0. The summed E-state index contributed by atoms with van der Waals surface area (Å²) in [6.07, 6.45) is 14.8. The molecule has 0 aromatic rings. The van der Waals surface area contributed by atoms with Gasteiger partial charge in [0.25, 0.3) is 0 Å². The van der Waals surface area contributed by atoms with Gasteiger partial charge in [0, 0.05) is 12.6 Å². The van der Waals surface area contributed by atoms with Crippen LogP contribution in [0.2, 0.25) is 0 Å². The summed E-state index contributed by atoms with van der Waals surface area (Å²) in [4.78, 5) is 2.68. The van der Waals surface area contributed by atoms with Crippen molar-refractivity contribution in [3.8, 4) is 0 Å². The van der Waals surface area contributed by atoms with Crippen LogP contribution in [0.4, 0.5) is 0 Å². The van der Waals surface area contributed by atoms with E-state index in [4.69, 9.17) is 0 Å². The highest BCUT2D eigenvalue weighted by molar-refractivity contribution is 4.76. The van der Waals surface area contributed by atoms with Crippen molar-refractivity contribution in [1.29, 1.82) is 0 Å². The van der Waals surface area contributed by atoms with E-state index in [1.807, 2.05) is 13.8 Å². The van der Waals surface area contributed by atoms with Crippen LogP contribution < -0.4 is 0 Å². The Morgan fingerprint density at radius 1 is 0.765 bits per heavy atom. The highest BCUT2D eigenvalue weighted by Crippen LogP contribution is 2.27. The molecule has 0 aromatic carbocycles. The Morgan fingerprint density at radius 2 is 1.24 bits per heavy atom. The first-order chi connectivity index (χ1) is 8.36. The molecule has 1 heteroatoms. The van der Waals surface area contributed by atoms with Gasteiger partial charge in [-0.25, -0.2) is 0 Å². The zero-order chi connectivity index (χ0) is 12.5. The van der Waals surface area contributed by atoms with Crippen LogP contribution in [-0.2, 0) is 0 Å². The molecule has 0 aromatic heterocycles. The largest absolute Gasteiger partial charge is 0.303 e. The second kappa shape index (κ2) is 8.97. The molecule has 2 fully saturated rings. The lowest BCUT2D eigenvalue weighted by atomic mass is 9.87. The molecule has 0 heterocycles. The van der Waals surface area contributed by atoms with Gasteiger partial charge in [-0.1, -0.05) is 52.4 Å². The first-order valence-electron chi connectivity index (χ1n) is 8.06. The van der Waals surface area contributed by atoms with E-state index in [0.29, 0.717) is 0 Å². The Morgan fingerprint density at radius 3 is 1.76 bits per heavy atom. The highest BCUT2D eigenvalue weighted by Gasteiger charge is 2.21. The molecule has 2 saturated carbocycles. The van der Waals surface area contributed by atoms with E-state index < -0.39 is 0 Å². The third kappa shape index (κ3) is 5.42. The second-order valence-corrected chi connectivity index (χ2v) is 5.74. The lowest BCUT2D eigenvalue weighted by Gasteiger charge is -2.34. The van der Waals surface area contributed by atoms with Gasteiger partial charge < -0.3 is 4.90 Å². The van der Waals surface area contributed by atoms with Gasteiger partial charge in [-0.3, -0.25) is 0 Å². The zero-order valence-corrected chi connectivity index (χ0v) is 12.4. The van der Waals surface area contributed by atoms with Gasteiger partial charge in [0.05, 0.1) is 0 Å². The minimum Gasteiger partial charge on any atom is -0.303 e. The topological polar surface area (TPSA) is 3.24 Å². The predicted molar refractivity (Wildman–Crippen MR) is 77.4 cm³/mol. The summed E-state index contributed by atoms with van der Waals surface area (Å²) in [5, 5.41) is 0. The van der Waals surface area contributed by atoms with Gasteiger partial charge in [0.15, 0.2) is 0 Å². The summed E-state index contributed by atoms with van der Waals surface area (Å²) >= 11 is 0. The Kier molecular flexibility index (Phi) is 7.92. The smallest absolute Gasteiger partial charge is 0.00923 e. The van der Waals surface area contributed by atoms with Gasteiger partial charge >= 0.3 is 0 Å². The Hall–Kier alpha value is -0.0400. The van der Waals surface area contributed by atoms with E-state index in [1.54, 1.807) is 0 Å². The van der Waals surface area contributed by atoms with Crippen LogP contribution in [0.25, 0.3) is 0 Å². The third-order valence-corrected chi connectivity index (χ3v) is 4.47. The summed E-state index contributed by atoms with van der Waals surface area (Å²) in [7, 11) is 2.37. The van der Waals surface area contributed by atoms with Crippen molar-refractivity contribution in [1.82, 2.24) is 4.90 Å². The monoisotopic (exact) mass is 239 g/mol. The van der Waals surface area contributed by atoms with Gasteiger partial charge in [-0.15, -0.1) is 0 Å². The van der Waals surface area contributed by atoms with Crippen LogP contribution >= 0.6 is 0 Å². The summed E-state index contributed by atoms with van der Waals surface area (Å²) in [5.74, 6) is 1.02. The average Bonchev–Trinajstić information content (AvgIpc) is 2.43. The fourth-order valence-electron chi connectivity index (χ4n) is 3.45. The number of rotatable bonds is 3. The van der Waals surface area contributed by atoms with Crippen LogP contribution in [-0.4, -0.2) is 24.5 Å². The quantitative estimate of drug-likeness (QED) is 0.680. The molecule has 0 bridgehead atoms. The average molecular weight is 239 g/mol. The number of hydrogen-bond donors (Lipinski definition) is 0. The molecule has 0 aliphatic heterocycles. The van der Waals surface area contributed by atoms with Crippen LogP contribution in [0.15, 0.2) is 0 Å². The number of hydrogen-bond acceptors (Lipinski definition) is 1. The lowest BCUT2D eigenvalue weighted by Crippen LogP contribution is -2.37. The molecule has 0 atom stereocenters. The van der Waals surface area contributed by atoms with Gasteiger partial charge in [-0.05, 0) is 38.6 Å². The molecule has 102 valence electrons. The standard InChI is InChI=1S/C14H27N.C2H6/c1-15(14-10-6-3-7-11-14)12-13-8-4-2-5-9-13;1-2/h13-14H,2-12H2,1H3;1-2H3. The molecule has 2 aliphatic carbocycles. The van der Waals surface area contributed by atoms with E-state index in [-0.39, 0.29) is 0 Å². The van der Waals surface area contributed by atoms with Crippen molar-refractivity contribution in [2.75, 3.05) is 13.6 Å². The van der Waals surface area contributed by atoms with Crippen LogP contribution in [0.3, 0.4) is 0 Å². The van der Waals surface area contributed by atoms with Crippen molar-refractivity contribution >= 4 is 0 Å². The maximum Gasteiger partial charge on any atom is 0.00923 e.